The molecule has 0 atom stereocenters. The average Bonchev–Trinajstić information content (AvgIpc) is 2.03. The van der Waals surface area contributed by atoms with Gasteiger partial charge in [-0.05, 0) is 13.0 Å². The molecular formula is C9H10FNO2. The van der Waals surface area contributed by atoms with Gasteiger partial charge in [-0.3, -0.25) is 4.79 Å². The number of nitrogen functional groups attached to an aromatic ring is 1. The monoisotopic (exact) mass is 183 g/mol. The van der Waals surface area contributed by atoms with Crippen LogP contribution in [-0.4, -0.2) is 12.9 Å². The number of carbonyl (C=O) groups is 1. The van der Waals surface area contributed by atoms with E-state index in [1.54, 1.807) is 0 Å². The summed E-state index contributed by atoms with van der Waals surface area (Å²) in [6, 6.07) is 2.38. The van der Waals surface area contributed by atoms with Crippen LogP contribution in [0.4, 0.5) is 10.1 Å². The maximum absolute atomic E-state index is 13.1. The van der Waals surface area contributed by atoms with Crippen molar-refractivity contribution in [2.24, 2.45) is 0 Å². The molecule has 4 heteroatoms. The summed E-state index contributed by atoms with van der Waals surface area (Å²) in [7, 11) is 1.41. The van der Waals surface area contributed by atoms with E-state index in [0.717, 1.165) is 6.07 Å². The Bertz CT molecular complexity index is 350. The van der Waals surface area contributed by atoms with Crippen molar-refractivity contribution < 1.29 is 13.9 Å². The second kappa shape index (κ2) is 3.43. The van der Waals surface area contributed by atoms with Gasteiger partial charge in [0, 0.05) is 6.07 Å². The van der Waals surface area contributed by atoms with Crippen molar-refractivity contribution in [3.63, 3.8) is 0 Å². The second-order valence-corrected chi connectivity index (χ2v) is 2.63. The molecule has 0 aliphatic heterocycles. The molecule has 0 heterocycles. The fourth-order valence-electron chi connectivity index (χ4n) is 1.02. The predicted octanol–water partition coefficient (Wildman–Crippen LogP) is 1.62. The highest BCUT2D eigenvalue weighted by molar-refractivity contribution is 5.95. The van der Waals surface area contributed by atoms with Crippen LogP contribution in [0.2, 0.25) is 0 Å². The fourth-order valence-corrected chi connectivity index (χ4v) is 1.02. The van der Waals surface area contributed by atoms with E-state index in [1.807, 2.05) is 0 Å². The largest absolute Gasteiger partial charge is 0.495 e. The molecule has 0 saturated heterocycles. The second-order valence-electron chi connectivity index (χ2n) is 2.63. The highest BCUT2D eigenvalue weighted by Crippen LogP contribution is 2.24. The van der Waals surface area contributed by atoms with Crippen LogP contribution in [0.3, 0.4) is 0 Å². The van der Waals surface area contributed by atoms with Crippen LogP contribution in [0.15, 0.2) is 12.1 Å². The van der Waals surface area contributed by atoms with Gasteiger partial charge in [-0.25, -0.2) is 4.39 Å². The average molecular weight is 183 g/mol. The number of anilines is 1. The molecule has 0 aromatic heterocycles. The maximum atomic E-state index is 13.1. The smallest absolute Gasteiger partial charge is 0.162 e. The highest BCUT2D eigenvalue weighted by atomic mass is 19.1. The van der Waals surface area contributed by atoms with Crippen LogP contribution in [0, 0.1) is 5.82 Å². The van der Waals surface area contributed by atoms with Crippen molar-refractivity contribution in [2.45, 2.75) is 6.92 Å². The first-order valence-electron chi connectivity index (χ1n) is 3.70. The minimum Gasteiger partial charge on any atom is -0.495 e. The number of hydrogen-bond donors (Lipinski definition) is 1. The Hall–Kier alpha value is -1.58. The number of hydrogen-bond acceptors (Lipinski definition) is 3. The summed E-state index contributed by atoms with van der Waals surface area (Å²) in [5.74, 6) is -0.659. The number of methoxy groups -OCH3 is 1. The number of rotatable bonds is 2. The topological polar surface area (TPSA) is 52.3 Å². The Morgan fingerprint density at radius 1 is 1.54 bits per heavy atom. The Kier molecular flexibility index (Phi) is 2.51. The van der Waals surface area contributed by atoms with E-state index in [2.05, 4.69) is 0 Å². The molecule has 0 bridgehead atoms. The highest BCUT2D eigenvalue weighted by Gasteiger charge is 2.11. The lowest BCUT2D eigenvalue weighted by molar-refractivity contribution is 0.101. The molecule has 0 radical (unpaired) electrons. The van der Waals surface area contributed by atoms with Crippen LogP contribution >= 0.6 is 0 Å². The van der Waals surface area contributed by atoms with Crippen LogP contribution in [0.25, 0.3) is 0 Å². The molecule has 1 aromatic rings. The zero-order valence-electron chi connectivity index (χ0n) is 7.43. The maximum Gasteiger partial charge on any atom is 0.162 e. The third-order valence-electron chi connectivity index (χ3n) is 1.70. The van der Waals surface area contributed by atoms with Gasteiger partial charge in [0.2, 0.25) is 0 Å². The first kappa shape index (κ1) is 9.51. The van der Waals surface area contributed by atoms with Crippen LogP contribution in [0.5, 0.6) is 5.75 Å². The van der Waals surface area contributed by atoms with Crippen LogP contribution in [-0.2, 0) is 0 Å². The molecule has 13 heavy (non-hydrogen) atoms. The number of ketones is 1. The van der Waals surface area contributed by atoms with Gasteiger partial charge in [-0.15, -0.1) is 0 Å². The van der Waals surface area contributed by atoms with Gasteiger partial charge in [0.1, 0.15) is 11.6 Å². The Balaban J connectivity index is 3.30. The summed E-state index contributed by atoms with van der Waals surface area (Å²) in [6.45, 7) is 1.29. The van der Waals surface area contributed by atoms with E-state index in [-0.39, 0.29) is 17.0 Å². The number of ether oxygens (including phenoxy) is 1. The molecule has 0 spiro atoms. The Labute approximate surface area is 75.3 Å². The van der Waals surface area contributed by atoms with Crippen molar-refractivity contribution >= 4 is 11.5 Å². The minimum atomic E-state index is -0.620. The number of halogens is 1. The molecule has 0 saturated carbocycles. The zero-order valence-corrected chi connectivity index (χ0v) is 7.43. The van der Waals surface area contributed by atoms with Gasteiger partial charge in [-0.1, -0.05) is 0 Å². The molecule has 3 nitrogen and oxygen atoms in total. The summed E-state index contributed by atoms with van der Waals surface area (Å²) >= 11 is 0. The Morgan fingerprint density at radius 3 is 2.62 bits per heavy atom. The summed E-state index contributed by atoms with van der Waals surface area (Å²) in [6.07, 6.45) is 0. The number of carbonyl (C=O) groups excluding carboxylic acids is 1. The predicted molar refractivity (Wildman–Crippen MR) is 47.4 cm³/mol. The molecule has 1 rings (SSSR count). The van der Waals surface area contributed by atoms with Crippen molar-refractivity contribution in [1.29, 1.82) is 0 Å². The molecule has 1 aromatic carbocycles. The van der Waals surface area contributed by atoms with Crippen molar-refractivity contribution in [1.82, 2.24) is 0 Å². The van der Waals surface area contributed by atoms with E-state index in [9.17, 15) is 9.18 Å². The van der Waals surface area contributed by atoms with Gasteiger partial charge in [0.15, 0.2) is 5.78 Å². The van der Waals surface area contributed by atoms with E-state index in [0.29, 0.717) is 5.75 Å². The lowest BCUT2D eigenvalue weighted by Crippen LogP contribution is -2.01. The van der Waals surface area contributed by atoms with Crippen molar-refractivity contribution in [2.75, 3.05) is 12.8 Å². The summed E-state index contributed by atoms with van der Waals surface area (Å²) in [4.78, 5) is 10.9. The minimum absolute atomic E-state index is 0.00829. The van der Waals surface area contributed by atoms with Crippen molar-refractivity contribution in [3.05, 3.63) is 23.5 Å². The standard InChI is InChI=1S/C9H10FNO2/c1-5(12)6-3-9(13-2)8(11)4-7(6)10/h3-4H,11H2,1-2H3. The molecule has 0 aliphatic rings. The third-order valence-corrected chi connectivity index (χ3v) is 1.70. The van der Waals surface area contributed by atoms with Gasteiger partial charge < -0.3 is 10.5 Å². The summed E-state index contributed by atoms with van der Waals surface area (Å²) < 4.78 is 17.9. The molecule has 2 N–H and O–H groups in total. The molecule has 70 valence electrons. The molecule has 0 fully saturated rings. The fraction of sp³-hybridized carbons (Fsp3) is 0.222. The van der Waals surface area contributed by atoms with Gasteiger partial charge in [0.25, 0.3) is 0 Å². The first-order chi connectivity index (χ1) is 6.06. The van der Waals surface area contributed by atoms with E-state index in [1.165, 1.54) is 20.1 Å². The molecule has 0 amide bonds. The number of benzene rings is 1. The van der Waals surface area contributed by atoms with Gasteiger partial charge >= 0.3 is 0 Å². The first-order valence-corrected chi connectivity index (χ1v) is 3.70. The number of Topliss-reactive ketones (excluding diaryl/α,β-unsaturated/α-hetero) is 1. The van der Waals surface area contributed by atoms with E-state index >= 15 is 0 Å². The van der Waals surface area contributed by atoms with Gasteiger partial charge in [-0.2, -0.15) is 0 Å². The third kappa shape index (κ3) is 1.77. The van der Waals surface area contributed by atoms with E-state index < -0.39 is 5.82 Å². The summed E-state index contributed by atoms with van der Waals surface area (Å²) in [5.41, 5.74) is 5.60. The quantitative estimate of drug-likeness (QED) is 0.560. The molecular weight excluding hydrogens is 173 g/mol. The normalized spacial score (nSPS) is 9.77. The molecule has 0 unspecified atom stereocenters. The van der Waals surface area contributed by atoms with Crippen LogP contribution < -0.4 is 10.5 Å². The Morgan fingerprint density at radius 2 is 2.15 bits per heavy atom. The zero-order chi connectivity index (χ0) is 10.0. The summed E-state index contributed by atoms with van der Waals surface area (Å²) in [5, 5.41) is 0. The number of nitrogens with two attached hydrogens (primary N) is 1. The molecule has 0 aliphatic carbocycles. The van der Waals surface area contributed by atoms with Gasteiger partial charge in [0.05, 0.1) is 18.4 Å². The lowest BCUT2D eigenvalue weighted by atomic mass is 10.1. The van der Waals surface area contributed by atoms with Crippen LogP contribution in [0.1, 0.15) is 17.3 Å². The SMILES string of the molecule is COc1cc(C(C)=O)c(F)cc1N. The van der Waals surface area contributed by atoms with E-state index in [4.69, 9.17) is 10.5 Å². The van der Waals surface area contributed by atoms with Crippen molar-refractivity contribution in [3.8, 4) is 5.75 Å². The lowest BCUT2D eigenvalue weighted by Gasteiger charge is -2.06.